The van der Waals surface area contributed by atoms with Crippen LogP contribution in [0.4, 0.5) is 5.82 Å². The highest BCUT2D eigenvalue weighted by Gasteiger charge is 2.22. The summed E-state index contributed by atoms with van der Waals surface area (Å²) in [7, 11) is 0. The fourth-order valence-electron chi connectivity index (χ4n) is 3.61. The minimum atomic E-state index is 0.693. The quantitative estimate of drug-likeness (QED) is 0.471. The molecule has 0 atom stereocenters. The van der Waals surface area contributed by atoms with Crippen LogP contribution in [-0.2, 0) is 4.74 Å². The molecule has 1 N–H and O–H groups in total. The molecular weight excluding hydrogens is 404 g/mol. The molecule has 0 radical (unpaired) electrons. The molecule has 0 bridgehead atoms. The maximum Gasteiger partial charge on any atom is 0.163 e. The molecule has 0 aromatic carbocycles. The van der Waals surface area contributed by atoms with E-state index in [0.29, 0.717) is 19.0 Å². The predicted octanol–water partition coefficient (Wildman–Crippen LogP) is 4.19. The smallest absolute Gasteiger partial charge is 0.163 e. The highest BCUT2D eigenvalue weighted by atomic mass is 32.1. The Morgan fingerprint density at radius 1 is 1.10 bits per heavy atom. The molecule has 0 unspecified atom stereocenters. The average molecular weight is 421 g/mol. The third-order valence-corrected chi connectivity index (χ3v) is 6.84. The lowest BCUT2D eigenvalue weighted by Crippen LogP contribution is -2.36. The fraction of sp³-hybridized carbons (Fsp3) is 0.200. The van der Waals surface area contributed by atoms with E-state index in [0.717, 1.165) is 56.2 Å². The van der Waals surface area contributed by atoms with Gasteiger partial charge >= 0.3 is 0 Å². The third kappa shape index (κ3) is 2.89. The minimum absolute atomic E-state index is 0.693. The molecule has 6 rings (SSSR count). The van der Waals surface area contributed by atoms with Crippen molar-refractivity contribution >= 4 is 49.7 Å². The van der Waals surface area contributed by atoms with E-state index in [1.54, 1.807) is 22.7 Å². The standard InChI is InChI=1S/C20H16N6OS2/c1-2-22-18-12(1)7-13(8-23-18)19-24-16-14(15-9-21-11-29-15)10-28-17(16)20(25-19)26-3-5-27-6-4-26/h1-2,7-11H,3-6H2,(H,22,23). The monoisotopic (exact) mass is 420 g/mol. The Morgan fingerprint density at radius 2 is 2.03 bits per heavy atom. The van der Waals surface area contributed by atoms with Crippen molar-refractivity contribution in [2.24, 2.45) is 0 Å². The number of thiazole rings is 1. The number of fused-ring (bicyclic) bond motifs is 2. The van der Waals surface area contributed by atoms with Gasteiger partial charge in [-0.15, -0.1) is 22.7 Å². The maximum absolute atomic E-state index is 5.55. The van der Waals surface area contributed by atoms with Crippen molar-refractivity contribution in [1.29, 1.82) is 0 Å². The molecule has 1 aliphatic rings. The summed E-state index contributed by atoms with van der Waals surface area (Å²) in [5, 5.41) is 3.21. The molecule has 7 nitrogen and oxygen atoms in total. The summed E-state index contributed by atoms with van der Waals surface area (Å²) in [4.78, 5) is 25.3. The molecule has 9 heteroatoms. The molecule has 0 saturated carbocycles. The maximum atomic E-state index is 5.55. The van der Waals surface area contributed by atoms with Gasteiger partial charge in [0.05, 0.1) is 33.8 Å². The van der Waals surface area contributed by atoms with Gasteiger partial charge in [-0.1, -0.05) is 0 Å². The van der Waals surface area contributed by atoms with E-state index in [-0.39, 0.29) is 0 Å². The third-order valence-electron chi connectivity index (χ3n) is 5.06. The van der Waals surface area contributed by atoms with Gasteiger partial charge in [-0.2, -0.15) is 0 Å². The van der Waals surface area contributed by atoms with Gasteiger partial charge < -0.3 is 14.6 Å². The van der Waals surface area contributed by atoms with E-state index < -0.39 is 0 Å². The number of nitrogens with zero attached hydrogens (tertiary/aromatic N) is 5. The molecule has 0 aliphatic carbocycles. The lowest BCUT2D eigenvalue weighted by molar-refractivity contribution is 0.122. The molecule has 6 heterocycles. The van der Waals surface area contributed by atoms with Crippen LogP contribution >= 0.6 is 22.7 Å². The van der Waals surface area contributed by atoms with Crippen LogP contribution in [-0.4, -0.2) is 51.2 Å². The number of pyridine rings is 1. The predicted molar refractivity (Wildman–Crippen MR) is 117 cm³/mol. The van der Waals surface area contributed by atoms with Crippen LogP contribution in [0, 0.1) is 0 Å². The fourth-order valence-corrected chi connectivity index (χ4v) is 5.34. The molecule has 29 heavy (non-hydrogen) atoms. The van der Waals surface area contributed by atoms with Crippen molar-refractivity contribution in [1.82, 2.24) is 24.9 Å². The van der Waals surface area contributed by atoms with E-state index in [9.17, 15) is 0 Å². The number of aromatic amines is 1. The van der Waals surface area contributed by atoms with Crippen LogP contribution in [0.2, 0.25) is 0 Å². The first-order valence-corrected chi connectivity index (χ1v) is 11.1. The molecule has 5 aromatic heterocycles. The van der Waals surface area contributed by atoms with Gasteiger partial charge in [0.25, 0.3) is 0 Å². The zero-order chi connectivity index (χ0) is 19.2. The number of morpholine rings is 1. The summed E-state index contributed by atoms with van der Waals surface area (Å²) in [6.07, 6.45) is 5.63. The Morgan fingerprint density at radius 3 is 2.90 bits per heavy atom. The topological polar surface area (TPSA) is 79.8 Å². The van der Waals surface area contributed by atoms with Crippen molar-refractivity contribution < 1.29 is 4.74 Å². The Labute approximate surface area is 174 Å². The highest BCUT2D eigenvalue weighted by Crippen LogP contribution is 2.40. The summed E-state index contributed by atoms with van der Waals surface area (Å²) in [5.41, 5.74) is 5.72. The summed E-state index contributed by atoms with van der Waals surface area (Å²) in [6, 6.07) is 4.10. The second-order valence-corrected chi connectivity index (χ2v) is 8.57. The number of H-pyrrole nitrogens is 1. The van der Waals surface area contributed by atoms with Crippen LogP contribution in [0.15, 0.2) is 41.6 Å². The Bertz CT molecular complexity index is 1300. The molecule has 1 fully saturated rings. The number of ether oxygens (including phenoxy) is 1. The van der Waals surface area contributed by atoms with E-state index in [2.05, 4.69) is 31.3 Å². The minimum Gasteiger partial charge on any atom is -0.378 e. The van der Waals surface area contributed by atoms with Gasteiger partial charge in [0.15, 0.2) is 11.6 Å². The Balaban J connectivity index is 1.58. The largest absolute Gasteiger partial charge is 0.378 e. The highest BCUT2D eigenvalue weighted by molar-refractivity contribution is 7.19. The van der Waals surface area contributed by atoms with Crippen molar-refractivity contribution in [3.05, 3.63) is 41.6 Å². The summed E-state index contributed by atoms with van der Waals surface area (Å²) >= 11 is 3.32. The normalized spacial score (nSPS) is 14.8. The van der Waals surface area contributed by atoms with Crippen LogP contribution in [0.1, 0.15) is 0 Å². The van der Waals surface area contributed by atoms with E-state index in [1.165, 1.54) is 0 Å². The van der Waals surface area contributed by atoms with Crippen molar-refractivity contribution in [2.75, 3.05) is 31.2 Å². The van der Waals surface area contributed by atoms with Gasteiger partial charge in [0.1, 0.15) is 5.65 Å². The average Bonchev–Trinajstić information content (AvgIpc) is 3.53. The summed E-state index contributed by atoms with van der Waals surface area (Å²) in [5.74, 6) is 1.67. The first-order chi connectivity index (χ1) is 14.4. The van der Waals surface area contributed by atoms with Crippen LogP contribution < -0.4 is 4.90 Å². The molecule has 144 valence electrons. The van der Waals surface area contributed by atoms with Crippen molar-refractivity contribution in [3.8, 4) is 21.8 Å². The second kappa shape index (κ2) is 6.87. The van der Waals surface area contributed by atoms with Gasteiger partial charge in [0, 0.05) is 53.6 Å². The zero-order valence-electron chi connectivity index (χ0n) is 15.3. The molecule has 0 amide bonds. The lowest BCUT2D eigenvalue weighted by atomic mass is 10.2. The zero-order valence-corrected chi connectivity index (χ0v) is 17.0. The number of hydrogen-bond donors (Lipinski definition) is 1. The van der Waals surface area contributed by atoms with E-state index >= 15 is 0 Å². The van der Waals surface area contributed by atoms with Crippen LogP contribution in [0.25, 0.3) is 43.1 Å². The second-order valence-electron chi connectivity index (χ2n) is 6.80. The molecule has 1 saturated heterocycles. The van der Waals surface area contributed by atoms with Gasteiger partial charge in [-0.05, 0) is 12.1 Å². The number of thiophene rings is 1. The van der Waals surface area contributed by atoms with Crippen molar-refractivity contribution in [3.63, 3.8) is 0 Å². The number of anilines is 1. The summed E-state index contributed by atoms with van der Waals surface area (Å²) < 4.78 is 6.66. The van der Waals surface area contributed by atoms with Crippen LogP contribution in [0.5, 0.6) is 0 Å². The van der Waals surface area contributed by atoms with Crippen LogP contribution in [0.3, 0.4) is 0 Å². The van der Waals surface area contributed by atoms with E-state index in [4.69, 9.17) is 14.7 Å². The van der Waals surface area contributed by atoms with Gasteiger partial charge in [0.2, 0.25) is 0 Å². The summed E-state index contributed by atoms with van der Waals surface area (Å²) in [6.45, 7) is 3.08. The number of rotatable bonds is 3. The Kier molecular flexibility index (Phi) is 4.03. The number of aromatic nitrogens is 5. The molecule has 1 aliphatic heterocycles. The number of nitrogens with one attached hydrogen (secondary N) is 1. The number of hydrogen-bond acceptors (Lipinski definition) is 8. The first kappa shape index (κ1) is 17.0. The SMILES string of the molecule is c1cc2cc(-c3nc(N4CCOCC4)c4scc(-c5cncs5)c4n3)cnc2[nH]1. The molecule has 0 spiro atoms. The lowest BCUT2D eigenvalue weighted by Gasteiger charge is -2.28. The first-order valence-electron chi connectivity index (χ1n) is 9.31. The Hall–Kier alpha value is -2.88. The van der Waals surface area contributed by atoms with Crippen molar-refractivity contribution in [2.45, 2.75) is 0 Å². The van der Waals surface area contributed by atoms with Gasteiger partial charge in [-0.25, -0.2) is 15.0 Å². The van der Waals surface area contributed by atoms with Gasteiger partial charge in [-0.3, -0.25) is 4.98 Å². The molecule has 5 aromatic rings. The molecular formula is C20H16N6OS2. The van der Waals surface area contributed by atoms with E-state index in [1.807, 2.05) is 30.2 Å².